The van der Waals surface area contributed by atoms with Gasteiger partial charge in [-0.3, -0.25) is 0 Å². The molecule has 0 amide bonds. The fraction of sp³-hybridized carbons (Fsp3) is 0.714. The Morgan fingerprint density at radius 3 is 3.12 bits per heavy atom. The summed E-state index contributed by atoms with van der Waals surface area (Å²) in [5, 5.41) is 5.80. The first-order chi connectivity index (χ1) is 7.88. The van der Waals surface area contributed by atoms with Crippen LogP contribution in [0.25, 0.3) is 0 Å². The van der Waals surface area contributed by atoms with Gasteiger partial charge >= 0.3 is 0 Å². The van der Waals surface area contributed by atoms with Crippen molar-refractivity contribution in [2.75, 3.05) is 6.54 Å². The standard InChI is InChI=1S/C14H23NS/c1-2-15-13-6-3-5-12(11-13)8-9-14-7-4-10-16-14/h4,7,10,12-13,15H,2-3,5-6,8-9,11H2,1H3. The lowest BCUT2D eigenvalue weighted by molar-refractivity contribution is 0.276. The summed E-state index contributed by atoms with van der Waals surface area (Å²) in [6, 6.07) is 5.24. The van der Waals surface area contributed by atoms with Crippen LogP contribution in [0.5, 0.6) is 0 Å². The molecule has 1 fully saturated rings. The molecule has 2 rings (SSSR count). The Hall–Kier alpha value is -0.340. The molecule has 16 heavy (non-hydrogen) atoms. The second kappa shape index (κ2) is 6.41. The smallest absolute Gasteiger partial charge is 0.00695 e. The van der Waals surface area contributed by atoms with Crippen LogP contribution in [0.15, 0.2) is 17.5 Å². The van der Waals surface area contributed by atoms with Crippen LogP contribution in [0.1, 0.15) is 43.9 Å². The molecule has 1 aliphatic rings. The van der Waals surface area contributed by atoms with Gasteiger partial charge in [0, 0.05) is 10.9 Å². The van der Waals surface area contributed by atoms with Crippen LogP contribution in [0.4, 0.5) is 0 Å². The van der Waals surface area contributed by atoms with Crippen molar-refractivity contribution in [1.82, 2.24) is 5.32 Å². The van der Waals surface area contributed by atoms with E-state index in [2.05, 4.69) is 29.8 Å². The SMILES string of the molecule is CCNC1CCCC(CCc2cccs2)C1. The van der Waals surface area contributed by atoms with E-state index in [4.69, 9.17) is 0 Å². The number of thiophene rings is 1. The molecule has 0 aliphatic heterocycles. The zero-order valence-corrected chi connectivity index (χ0v) is 11.1. The van der Waals surface area contributed by atoms with E-state index in [0.717, 1.165) is 18.5 Å². The first kappa shape index (κ1) is 12.1. The Kier molecular flexibility index (Phi) is 4.86. The fourth-order valence-corrected chi connectivity index (χ4v) is 3.55. The minimum absolute atomic E-state index is 0.798. The summed E-state index contributed by atoms with van der Waals surface area (Å²) in [5.41, 5.74) is 0. The predicted molar refractivity (Wildman–Crippen MR) is 72.1 cm³/mol. The molecule has 2 heteroatoms. The van der Waals surface area contributed by atoms with Crippen molar-refractivity contribution in [3.05, 3.63) is 22.4 Å². The number of nitrogens with one attached hydrogen (secondary N) is 1. The molecule has 0 aromatic carbocycles. The second-order valence-corrected chi connectivity index (χ2v) is 5.94. The zero-order chi connectivity index (χ0) is 11.2. The molecule has 0 radical (unpaired) electrons. The Bertz CT molecular complexity index is 279. The van der Waals surface area contributed by atoms with Gasteiger partial charge in [0.25, 0.3) is 0 Å². The van der Waals surface area contributed by atoms with Gasteiger partial charge in [-0.15, -0.1) is 11.3 Å². The van der Waals surface area contributed by atoms with E-state index in [1.165, 1.54) is 38.5 Å². The van der Waals surface area contributed by atoms with E-state index < -0.39 is 0 Å². The van der Waals surface area contributed by atoms with Crippen LogP contribution in [-0.4, -0.2) is 12.6 Å². The first-order valence-corrected chi connectivity index (χ1v) is 7.52. The lowest BCUT2D eigenvalue weighted by Crippen LogP contribution is -2.34. The minimum atomic E-state index is 0.798. The van der Waals surface area contributed by atoms with Gasteiger partial charge in [-0.05, 0) is 49.6 Å². The number of hydrogen-bond donors (Lipinski definition) is 1. The van der Waals surface area contributed by atoms with E-state index in [0.29, 0.717) is 0 Å². The predicted octanol–water partition coefficient (Wildman–Crippen LogP) is 3.85. The van der Waals surface area contributed by atoms with Crippen molar-refractivity contribution >= 4 is 11.3 Å². The van der Waals surface area contributed by atoms with Crippen molar-refractivity contribution in [1.29, 1.82) is 0 Å². The van der Waals surface area contributed by atoms with Gasteiger partial charge in [-0.2, -0.15) is 0 Å². The Morgan fingerprint density at radius 2 is 2.38 bits per heavy atom. The van der Waals surface area contributed by atoms with Crippen molar-refractivity contribution in [2.45, 2.75) is 51.5 Å². The summed E-state index contributed by atoms with van der Waals surface area (Å²) >= 11 is 1.91. The fourth-order valence-electron chi connectivity index (χ4n) is 2.83. The quantitative estimate of drug-likeness (QED) is 0.820. The maximum Gasteiger partial charge on any atom is 0.00695 e. The third kappa shape index (κ3) is 3.60. The topological polar surface area (TPSA) is 12.0 Å². The number of rotatable bonds is 5. The highest BCUT2D eigenvalue weighted by molar-refractivity contribution is 7.09. The molecule has 1 N–H and O–H groups in total. The number of aryl methyl sites for hydroxylation is 1. The number of hydrogen-bond acceptors (Lipinski definition) is 2. The molecular weight excluding hydrogens is 214 g/mol. The molecule has 1 heterocycles. The third-order valence-corrected chi connectivity index (χ3v) is 4.59. The van der Waals surface area contributed by atoms with Crippen molar-refractivity contribution < 1.29 is 0 Å². The highest BCUT2D eigenvalue weighted by Gasteiger charge is 2.20. The van der Waals surface area contributed by atoms with Gasteiger partial charge in [0.2, 0.25) is 0 Å². The molecule has 1 aliphatic carbocycles. The average molecular weight is 237 g/mol. The van der Waals surface area contributed by atoms with Crippen molar-refractivity contribution in [2.24, 2.45) is 5.92 Å². The van der Waals surface area contributed by atoms with Gasteiger partial charge in [0.05, 0.1) is 0 Å². The highest BCUT2D eigenvalue weighted by Crippen LogP contribution is 2.28. The molecule has 1 aromatic rings. The van der Waals surface area contributed by atoms with Gasteiger partial charge in [-0.25, -0.2) is 0 Å². The molecule has 0 spiro atoms. The molecule has 0 bridgehead atoms. The second-order valence-electron chi connectivity index (χ2n) is 4.91. The monoisotopic (exact) mass is 237 g/mol. The molecule has 1 saturated carbocycles. The average Bonchev–Trinajstić information content (AvgIpc) is 2.80. The van der Waals surface area contributed by atoms with Gasteiger partial charge < -0.3 is 5.32 Å². The summed E-state index contributed by atoms with van der Waals surface area (Å²) in [6.45, 7) is 3.34. The normalized spacial score (nSPS) is 25.8. The van der Waals surface area contributed by atoms with Gasteiger partial charge in [0.1, 0.15) is 0 Å². The summed E-state index contributed by atoms with van der Waals surface area (Å²) in [5.74, 6) is 0.958. The summed E-state index contributed by atoms with van der Waals surface area (Å²) in [4.78, 5) is 1.56. The van der Waals surface area contributed by atoms with Crippen molar-refractivity contribution in [3.63, 3.8) is 0 Å². The van der Waals surface area contributed by atoms with Crippen LogP contribution in [0, 0.1) is 5.92 Å². The van der Waals surface area contributed by atoms with E-state index in [1.54, 1.807) is 4.88 Å². The van der Waals surface area contributed by atoms with Crippen LogP contribution in [0.3, 0.4) is 0 Å². The van der Waals surface area contributed by atoms with Crippen molar-refractivity contribution in [3.8, 4) is 0 Å². The zero-order valence-electron chi connectivity index (χ0n) is 10.2. The molecule has 1 nitrogen and oxygen atoms in total. The van der Waals surface area contributed by atoms with Crippen LogP contribution >= 0.6 is 11.3 Å². The van der Waals surface area contributed by atoms with Gasteiger partial charge in [-0.1, -0.05) is 25.8 Å². The molecule has 90 valence electrons. The third-order valence-electron chi connectivity index (χ3n) is 3.65. The van der Waals surface area contributed by atoms with Crippen LogP contribution in [-0.2, 0) is 6.42 Å². The van der Waals surface area contributed by atoms with E-state index in [9.17, 15) is 0 Å². The lowest BCUT2D eigenvalue weighted by atomic mass is 9.83. The van der Waals surface area contributed by atoms with Gasteiger partial charge in [0.15, 0.2) is 0 Å². The Morgan fingerprint density at radius 1 is 1.44 bits per heavy atom. The van der Waals surface area contributed by atoms with Crippen LogP contribution < -0.4 is 5.32 Å². The van der Waals surface area contributed by atoms with Crippen LogP contribution in [0.2, 0.25) is 0 Å². The maximum absolute atomic E-state index is 3.61. The minimum Gasteiger partial charge on any atom is -0.314 e. The summed E-state index contributed by atoms with van der Waals surface area (Å²) in [7, 11) is 0. The molecule has 2 atom stereocenters. The first-order valence-electron chi connectivity index (χ1n) is 6.64. The molecule has 1 aromatic heterocycles. The maximum atomic E-state index is 3.61. The van der Waals surface area contributed by atoms with E-state index in [-0.39, 0.29) is 0 Å². The molecule has 2 unspecified atom stereocenters. The molecular formula is C14H23NS. The Labute approximate surface area is 103 Å². The summed E-state index contributed by atoms with van der Waals surface area (Å²) in [6.07, 6.45) is 8.35. The highest BCUT2D eigenvalue weighted by atomic mass is 32.1. The largest absolute Gasteiger partial charge is 0.314 e. The summed E-state index contributed by atoms with van der Waals surface area (Å²) < 4.78 is 0. The molecule has 0 saturated heterocycles. The van der Waals surface area contributed by atoms with E-state index in [1.807, 2.05) is 11.3 Å². The Balaban J connectivity index is 1.72. The lowest BCUT2D eigenvalue weighted by Gasteiger charge is -2.29. The van der Waals surface area contributed by atoms with E-state index >= 15 is 0 Å².